The van der Waals surface area contributed by atoms with E-state index in [1.165, 1.54) is 16.8 Å². The molecule has 0 spiro atoms. The van der Waals surface area contributed by atoms with Crippen LogP contribution in [0.4, 0.5) is 14.5 Å². The number of rotatable bonds is 6. The maximum atomic E-state index is 14.1. The van der Waals surface area contributed by atoms with Gasteiger partial charge >= 0.3 is 0 Å². The number of imidazole rings is 1. The zero-order valence-electron chi connectivity index (χ0n) is 17.8. The summed E-state index contributed by atoms with van der Waals surface area (Å²) in [7, 11) is 0. The smallest absolute Gasteiger partial charge is 0.272 e. The summed E-state index contributed by atoms with van der Waals surface area (Å²) in [6, 6.07) is 2.38. The predicted octanol–water partition coefficient (Wildman–Crippen LogP) is 3.16. The lowest BCUT2D eigenvalue weighted by Gasteiger charge is -2.32. The second-order valence-corrected chi connectivity index (χ2v) is 8.98. The molecule has 0 aliphatic carbocycles. The number of ether oxygens (including phenoxy) is 1. The summed E-state index contributed by atoms with van der Waals surface area (Å²) >= 11 is 1.54. The average Bonchev–Trinajstić information content (AvgIpc) is 3.38. The molecule has 0 radical (unpaired) electrons. The molecule has 1 amide bonds. The highest BCUT2D eigenvalue weighted by Gasteiger charge is 2.36. The molecule has 172 valence electrons. The number of nitrogens with one attached hydrogen (secondary N) is 2. The summed E-state index contributed by atoms with van der Waals surface area (Å²) in [4.78, 5) is 23.2. The Morgan fingerprint density at radius 3 is 2.73 bits per heavy atom. The van der Waals surface area contributed by atoms with Crippen LogP contribution in [-0.4, -0.2) is 68.3 Å². The predicted molar refractivity (Wildman–Crippen MR) is 121 cm³/mol. The number of fused-ring (bicyclic) bond motifs is 3. The van der Waals surface area contributed by atoms with E-state index in [9.17, 15) is 13.6 Å². The third-order valence-electron chi connectivity index (χ3n) is 5.91. The molecule has 3 aromatic heterocycles. The van der Waals surface area contributed by atoms with Gasteiger partial charge in [0.15, 0.2) is 11.5 Å². The summed E-state index contributed by atoms with van der Waals surface area (Å²) in [5.74, 6) is -1.23. The molecule has 3 aromatic rings. The van der Waals surface area contributed by atoms with Gasteiger partial charge in [-0.2, -0.15) is 0 Å². The zero-order chi connectivity index (χ0) is 23.1. The maximum Gasteiger partial charge on any atom is 0.272 e. The number of aromatic nitrogens is 3. The van der Waals surface area contributed by atoms with Crippen LogP contribution < -0.4 is 5.32 Å². The van der Waals surface area contributed by atoms with Gasteiger partial charge in [-0.05, 0) is 25.2 Å². The van der Waals surface area contributed by atoms with Gasteiger partial charge in [0.25, 0.3) is 5.91 Å². The fraction of sp³-hybridized carbons (Fsp3) is 0.364. The fourth-order valence-electron chi connectivity index (χ4n) is 4.35. The lowest BCUT2D eigenvalue weighted by atomic mass is 10.1. The van der Waals surface area contributed by atoms with Crippen LogP contribution in [0.1, 0.15) is 34.6 Å². The van der Waals surface area contributed by atoms with Crippen LogP contribution in [0.2, 0.25) is 0 Å². The first-order chi connectivity index (χ1) is 15.9. The Hall–Kier alpha value is -3.05. The van der Waals surface area contributed by atoms with Crippen molar-refractivity contribution in [3.63, 3.8) is 0 Å². The third kappa shape index (κ3) is 4.06. The molecule has 5 rings (SSSR count). The van der Waals surface area contributed by atoms with Crippen LogP contribution in [-0.2, 0) is 4.74 Å². The van der Waals surface area contributed by atoms with Gasteiger partial charge < -0.3 is 15.0 Å². The van der Waals surface area contributed by atoms with E-state index in [2.05, 4.69) is 15.3 Å². The van der Waals surface area contributed by atoms with Gasteiger partial charge in [0.05, 0.1) is 35.7 Å². The fourth-order valence-corrected chi connectivity index (χ4v) is 4.65. The van der Waals surface area contributed by atoms with Gasteiger partial charge in [-0.25, -0.2) is 13.8 Å². The first kappa shape index (κ1) is 21.8. The number of anilines is 1. The Morgan fingerprint density at radius 1 is 1.24 bits per heavy atom. The van der Waals surface area contributed by atoms with Gasteiger partial charge in [-0.15, -0.1) is 11.8 Å². The van der Waals surface area contributed by atoms with E-state index < -0.39 is 11.6 Å². The highest BCUT2D eigenvalue weighted by atomic mass is 32.2. The minimum absolute atomic E-state index is 0.0213. The van der Waals surface area contributed by atoms with Crippen LogP contribution in [0.15, 0.2) is 30.7 Å². The molecule has 2 fully saturated rings. The molecule has 2 atom stereocenters. The number of carbonyl (C=O) groups excluding carboxylic acids is 1. The number of carbonyl (C=O) groups is 1. The summed E-state index contributed by atoms with van der Waals surface area (Å²) in [6.45, 7) is 1.09. The number of likely N-dealkylation sites (tertiary alicyclic amines) is 1. The van der Waals surface area contributed by atoms with E-state index in [0.29, 0.717) is 30.2 Å². The standard InChI is InChI=1S/C22H22F2N6O2S/c1-33-11-28-17-5-18(22(31)29-9-13-2-3-14(10-29)32-13)26-6-15(17)20(25)19-7-27-21-16(24)4-12(23)8-30(19)21/h4-8,13-14,25H,2-3,9-11H2,1H3,(H,26,28). The van der Waals surface area contributed by atoms with E-state index in [0.717, 1.165) is 25.1 Å². The van der Waals surface area contributed by atoms with E-state index >= 15 is 0 Å². The van der Waals surface area contributed by atoms with Crippen LogP contribution in [0.25, 0.3) is 5.65 Å². The molecule has 11 heteroatoms. The van der Waals surface area contributed by atoms with E-state index in [-0.39, 0.29) is 40.9 Å². The van der Waals surface area contributed by atoms with Crippen molar-refractivity contribution in [3.05, 3.63) is 59.3 Å². The van der Waals surface area contributed by atoms with Crippen molar-refractivity contribution < 1.29 is 18.3 Å². The lowest BCUT2D eigenvalue weighted by molar-refractivity contribution is -0.0305. The second-order valence-electron chi connectivity index (χ2n) is 8.11. The molecule has 8 nitrogen and oxygen atoms in total. The first-order valence-corrected chi connectivity index (χ1v) is 11.9. The molecule has 2 unspecified atom stereocenters. The van der Waals surface area contributed by atoms with E-state index in [1.807, 2.05) is 6.26 Å². The summed E-state index contributed by atoms with van der Waals surface area (Å²) in [5.41, 5.74) is 1.32. The van der Waals surface area contributed by atoms with Crippen LogP contribution in [0, 0.1) is 17.0 Å². The molecule has 2 saturated heterocycles. The Kier molecular flexibility index (Phi) is 5.75. The molecule has 2 aliphatic heterocycles. The minimum atomic E-state index is -0.812. The van der Waals surface area contributed by atoms with Crippen LogP contribution in [0.5, 0.6) is 0 Å². The summed E-state index contributed by atoms with van der Waals surface area (Å²) in [5, 5.41) is 11.9. The first-order valence-electron chi connectivity index (χ1n) is 10.5. The van der Waals surface area contributed by atoms with E-state index in [4.69, 9.17) is 10.1 Å². The van der Waals surface area contributed by atoms with E-state index in [1.54, 1.807) is 22.7 Å². The minimum Gasteiger partial charge on any atom is -0.375 e. The highest BCUT2D eigenvalue weighted by Crippen LogP contribution is 2.28. The third-order valence-corrected chi connectivity index (χ3v) is 6.35. The number of hydrogen-bond acceptors (Lipinski definition) is 7. The maximum absolute atomic E-state index is 14.1. The molecule has 2 N–H and O–H groups in total. The topological polar surface area (TPSA) is 95.6 Å². The number of morpholine rings is 1. The Bertz CT molecular complexity index is 1240. The summed E-state index contributed by atoms with van der Waals surface area (Å²) in [6.07, 6.45) is 7.84. The number of nitrogens with zero attached hydrogens (tertiary/aromatic N) is 4. The highest BCUT2D eigenvalue weighted by molar-refractivity contribution is 7.98. The second kappa shape index (κ2) is 8.71. The number of amides is 1. The van der Waals surface area contributed by atoms with Crippen molar-refractivity contribution in [1.29, 1.82) is 5.41 Å². The van der Waals surface area contributed by atoms with Crippen molar-refractivity contribution in [1.82, 2.24) is 19.3 Å². The number of thioether (sulfide) groups is 1. The SMILES string of the molecule is CSCNc1cc(C(=O)N2CC3CCC(C2)O3)ncc1C(=N)c1cnc2c(F)cc(F)cn12. The quantitative estimate of drug-likeness (QED) is 0.423. The zero-order valence-corrected chi connectivity index (χ0v) is 18.7. The lowest BCUT2D eigenvalue weighted by Crippen LogP contribution is -2.46. The van der Waals surface area contributed by atoms with Crippen molar-refractivity contribution in [2.45, 2.75) is 25.0 Å². The molecule has 2 bridgehead atoms. The van der Waals surface area contributed by atoms with Crippen LogP contribution >= 0.6 is 11.8 Å². The molecular formula is C22H22F2N6O2S. The normalized spacial score (nSPS) is 19.8. The van der Waals surface area contributed by atoms with Crippen LogP contribution in [0.3, 0.4) is 0 Å². The molecule has 5 heterocycles. The Balaban J connectivity index is 1.48. The van der Waals surface area contributed by atoms with Gasteiger partial charge in [0.2, 0.25) is 0 Å². The molecule has 0 aromatic carbocycles. The molecule has 0 saturated carbocycles. The molecule has 2 aliphatic rings. The number of hydrogen-bond donors (Lipinski definition) is 2. The van der Waals surface area contributed by atoms with Crippen molar-refractivity contribution >= 4 is 34.7 Å². The van der Waals surface area contributed by atoms with Crippen molar-refractivity contribution in [2.75, 3.05) is 30.5 Å². The Labute approximate surface area is 192 Å². The van der Waals surface area contributed by atoms with Crippen molar-refractivity contribution in [3.8, 4) is 0 Å². The Morgan fingerprint density at radius 2 is 2.00 bits per heavy atom. The van der Waals surface area contributed by atoms with Gasteiger partial charge in [-0.3, -0.25) is 19.6 Å². The molecule has 33 heavy (non-hydrogen) atoms. The number of halogens is 2. The van der Waals surface area contributed by atoms with Crippen molar-refractivity contribution in [2.24, 2.45) is 0 Å². The number of pyridine rings is 2. The summed E-state index contributed by atoms with van der Waals surface area (Å²) < 4.78 is 34.9. The average molecular weight is 473 g/mol. The monoisotopic (exact) mass is 472 g/mol. The van der Waals surface area contributed by atoms with Gasteiger partial charge in [0.1, 0.15) is 11.5 Å². The molecular weight excluding hydrogens is 450 g/mol. The van der Waals surface area contributed by atoms with Gasteiger partial charge in [0, 0.05) is 42.8 Å². The van der Waals surface area contributed by atoms with Gasteiger partial charge in [-0.1, -0.05) is 0 Å². The largest absolute Gasteiger partial charge is 0.375 e.